The van der Waals surface area contributed by atoms with Crippen molar-refractivity contribution in [1.82, 2.24) is 19.9 Å². The molecule has 0 bridgehead atoms. The first-order valence-electron chi connectivity index (χ1n) is 12.8. The molecule has 2 N–H and O–H groups in total. The van der Waals surface area contributed by atoms with E-state index in [1.807, 2.05) is 0 Å². The number of hydrogen-bond acceptors (Lipinski definition) is 9. The van der Waals surface area contributed by atoms with E-state index in [-0.39, 0.29) is 17.9 Å². The van der Waals surface area contributed by atoms with Crippen molar-refractivity contribution in [2.45, 2.75) is 34.7 Å². The Hall–Kier alpha value is -1.94. The first-order chi connectivity index (χ1) is 19.7. The second-order valence-corrected chi connectivity index (χ2v) is 11.5. The van der Waals surface area contributed by atoms with Gasteiger partial charge in [-0.2, -0.15) is 0 Å². The van der Waals surface area contributed by atoms with Crippen molar-refractivity contribution in [1.29, 1.82) is 0 Å². The van der Waals surface area contributed by atoms with E-state index in [0.29, 0.717) is 34.7 Å². The number of thioether (sulfide) groups is 1. The van der Waals surface area contributed by atoms with Crippen LogP contribution in [0.5, 0.6) is 0 Å². The number of hydrogen-bond donors (Lipinski definition) is 2. The Morgan fingerprint density at radius 3 is 2.49 bits per heavy atom. The number of ether oxygens (including phenoxy) is 3. The Kier molecular flexibility index (Phi) is 10.1. The third kappa shape index (κ3) is 7.00. The maximum atomic E-state index is 13.9. The van der Waals surface area contributed by atoms with Gasteiger partial charge in [0.05, 0.1) is 42.7 Å². The maximum absolute atomic E-state index is 13.9. The van der Waals surface area contributed by atoms with Crippen molar-refractivity contribution in [3.05, 3.63) is 64.0 Å². The number of rotatable bonds is 9. The van der Waals surface area contributed by atoms with Crippen LogP contribution in [0.1, 0.15) is 6.04 Å². The third-order valence-corrected chi connectivity index (χ3v) is 8.76. The summed E-state index contributed by atoms with van der Waals surface area (Å²) >= 11 is 13.6. The lowest BCUT2D eigenvalue weighted by Gasteiger charge is -2.44. The molecule has 222 valence electrons. The van der Waals surface area contributed by atoms with Gasteiger partial charge < -0.3 is 24.4 Å². The minimum Gasteiger partial charge on any atom is -0.394 e. The molecule has 3 aromatic rings. The zero-order valence-corrected chi connectivity index (χ0v) is 23.8. The second kappa shape index (κ2) is 13.6. The summed E-state index contributed by atoms with van der Waals surface area (Å²) < 4.78 is 60.5. The fourth-order valence-electron chi connectivity index (χ4n) is 4.72. The van der Waals surface area contributed by atoms with Crippen molar-refractivity contribution in [3.63, 3.8) is 0 Å². The van der Waals surface area contributed by atoms with Crippen LogP contribution < -0.4 is 0 Å². The van der Waals surface area contributed by atoms with Crippen LogP contribution in [0.25, 0.3) is 11.3 Å². The molecule has 41 heavy (non-hydrogen) atoms. The number of morpholine rings is 1. The van der Waals surface area contributed by atoms with Gasteiger partial charge in [0.15, 0.2) is 17.5 Å². The highest BCUT2D eigenvalue weighted by Crippen LogP contribution is 2.41. The minimum atomic E-state index is -1.59. The quantitative estimate of drug-likeness (QED) is 0.340. The molecule has 0 saturated carbocycles. The van der Waals surface area contributed by atoms with Crippen LogP contribution in [0.4, 0.5) is 13.2 Å². The number of benzene rings is 2. The summed E-state index contributed by atoms with van der Waals surface area (Å²) in [5.41, 5.74) is -0.752. The first kappa shape index (κ1) is 30.5. The molecule has 2 aliphatic rings. The largest absolute Gasteiger partial charge is 0.394 e. The van der Waals surface area contributed by atoms with Crippen LogP contribution in [0.15, 0.2) is 41.4 Å². The number of aliphatic hydroxyl groups is 2. The highest BCUT2D eigenvalue weighted by Gasteiger charge is 2.48. The van der Waals surface area contributed by atoms with Gasteiger partial charge in [-0.25, -0.2) is 17.9 Å². The molecule has 5 atom stereocenters. The van der Waals surface area contributed by atoms with Gasteiger partial charge in [0.1, 0.15) is 35.5 Å². The molecule has 2 aromatic carbocycles. The average molecular weight is 635 g/mol. The monoisotopic (exact) mass is 634 g/mol. The predicted molar refractivity (Wildman–Crippen MR) is 145 cm³/mol. The summed E-state index contributed by atoms with van der Waals surface area (Å²) in [5, 5.41) is 30.1. The lowest BCUT2D eigenvalue weighted by atomic mass is 9.97. The molecule has 0 amide bonds. The van der Waals surface area contributed by atoms with E-state index in [1.165, 1.54) is 22.6 Å². The van der Waals surface area contributed by atoms with E-state index >= 15 is 0 Å². The van der Waals surface area contributed by atoms with Gasteiger partial charge in [-0.3, -0.25) is 4.90 Å². The fraction of sp³-hybridized carbons (Fsp3) is 0.462. The van der Waals surface area contributed by atoms with E-state index in [0.717, 1.165) is 25.2 Å². The van der Waals surface area contributed by atoms with E-state index in [2.05, 4.69) is 15.2 Å². The highest BCUT2D eigenvalue weighted by atomic mass is 35.5. The number of halogens is 5. The summed E-state index contributed by atoms with van der Waals surface area (Å²) in [7, 11) is 0. The molecule has 0 spiro atoms. The average Bonchev–Trinajstić information content (AvgIpc) is 3.45. The van der Waals surface area contributed by atoms with Gasteiger partial charge in [-0.15, -0.1) is 5.10 Å². The Balaban J connectivity index is 1.46. The van der Waals surface area contributed by atoms with Crippen LogP contribution in [-0.2, 0) is 14.2 Å². The Morgan fingerprint density at radius 1 is 1.07 bits per heavy atom. The summed E-state index contributed by atoms with van der Waals surface area (Å²) in [6.07, 6.45) is -1.77. The third-order valence-electron chi connectivity index (χ3n) is 6.88. The topological polar surface area (TPSA) is 102 Å². The molecule has 0 radical (unpaired) electrons. The van der Waals surface area contributed by atoms with Crippen molar-refractivity contribution >= 4 is 35.0 Å². The van der Waals surface area contributed by atoms with Gasteiger partial charge in [-0.1, -0.05) is 40.2 Å². The highest BCUT2D eigenvalue weighted by molar-refractivity contribution is 7.99. The SMILES string of the molecule is OC[C@H]1O[C@H](Sc2ccc(Cl)c(Cl)c2)[C@H](OCCN2CCOCC2)[C@@H](n2cc(-c3cc(F)c(F)c(F)c3)nn2)[C@H]1O. The second-order valence-electron chi connectivity index (χ2n) is 9.53. The van der Waals surface area contributed by atoms with E-state index in [9.17, 15) is 23.4 Å². The Morgan fingerprint density at radius 2 is 1.80 bits per heavy atom. The van der Waals surface area contributed by atoms with Crippen molar-refractivity contribution in [2.75, 3.05) is 46.1 Å². The minimum absolute atomic E-state index is 0.0422. The van der Waals surface area contributed by atoms with E-state index < -0.39 is 53.8 Å². The molecule has 2 aliphatic heterocycles. The zero-order chi connectivity index (χ0) is 29.1. The van der Waals surface area contributed by atoms with Crippen LogP contribution in [0, 0.1) is 17.5 Å². The molecule has 5 rings (SSSR count). The van der Waals surface area contributed by atoms with Crippen LogP contribution >= 0.6 is 35.0 Å². The summed E-state index contributed by atoms with van der Waals surface area (Å²) in [6, 6.07) is 5.76. The van der Waals surface area contributed by atoms with Crippen LogP contribution in [-0.4, -0.2) is 99.9 Å². The van der Waals surface area contributed by atoms with Gasteiger partial charge in [-0.05, 0) is 30.3 Å². The van der Waals surface area contributed by atoms with Crippen LogP contribution in [0.3, 0.4) is 0 Å². The summed E-state index contributed by atoms with van der Waals surface area (Å²) in [6.45, 7) is 3.10. The van der Waals surface area contributed by atoms with E-state index in [1.54, 1.807) is 18.2 Å². The Labute approximate surface area is 248 Å². The lowest BCUT2D eigenvalue weighted by molar-refractivity contribution is -0.194. The molecule has 9 nitrogen and oxygen atoms in total. The number of nitrogens with zero attached hydrogens (tertiary/aromatic N) is 4. The number of aliphatic hydroxyl groups excluding tert-OH is 2. The van der Waals surface area contributed by atoms with Crippen molar-refractivity contribution < 1.29 is 37.6 Å². The molecule has 0 unspecified atom stereocenters. The maximum Gasteiger partial charge on any atom is 0.194 e. The molecular weight excluding hydrogens is 608 g/mol. The summed E-state index contributed by atoms with van der Waals surface area (Å²) in [5.74, 6) is -4.34. The van der Waals surface area contributed by atoms with Crippen molar-refractivity contribution in [3.8, 4) is 11.3 Å². The van der Waals surface area contributed by atoms with Gasteiger partial charge in [0, 0.05) is 30.1 Å². The van der Waals surface area contributed by atoms with Gasteiger partial charge in [0.2, 0.25) is 0 Å². The standard InChI is InChI=1S/C26H27Cl2F3N4O5S/c27-16-2-1-15(11-17(16)28)41-26-25(39-8-5-34-3-6-38-7-4-34)23(24(37)21(13-36)40-26)35-12-20(32-33-35)14-9-18(29)22(31)19(30)10-14/h1-2,9-12,21,23-26,36-37H,3-8,13H2/t21-,23+,24+,25-,26-/m1/s1. The first-order valence-corrected chi connectivity index (χ1v) is 14.4. The normalized spacial score (nSPS) is 25.5. The van der Waals surface area contributed by atoms with Gasteiger partial charge >= 0.3 is 0 Å². The van der Waals surface area contributed by atoms with Crippen LogP contribution in [0.2, 0.25) is 10.0 Å². The molecule has 15 heteroatoms. The zero-order valence-electron chi connectivity index (χ0n) is 21.5. The molecular formula is C26H27Cl2F3N4O5S. The van der Waals surface area contributed by atoms with E-state index in [4.69, 9.17) is 37.4 Å². The molecule has 3 heterocycles. The van der Waals surface area contributed by atoms with Crippen molar-refractivity contribution in [2.24, 2.45) is 0 Å². The molecule has 2 fully saturated rings. The summed E-state index contributed by atoms with van der Waals surface area (Å²) in [4.78, 5) is 2.89. The molecule has 1 aromatic heterocycles. The predicted octanol–water partition coefficient (Wildman–Crippen LogP) is 3.80. The molecule has 0 aliphatic carbocycles. The van der Waals surface area contributed by atoms with Gasteiger partial charge in [0.25, 0.3) is 0 Å². The smallest absolute Gasteiger partial charge is 0.194 e. The fourth-order valence-corrected chi connectivity index (χ4v) is 6.26. The lowest BCUT2D eigenvalue weighted by Crippen LogP contribution is -2.56. The Bertz CT molecular complexity index is 1330. The molecule has 2 saturated heterocycles. The number of aromatic nitrogens is 3.